The molecule has 0 rings (SSSR count). The first-order valence-electron chi connectivity index (χ1n) is 7.98. The lowest BCUT2D eigenvalue weighted by atomic mass is 10.3. The van der Waals surface area contributed by atoms with E-state index in [2.05, 4.69) is 23.8 Å². The molecule has 10 nitrogen and oxygen atoms in total. The second kappa shape index (κ2) is 13.6. The molecule has 28 heavy (non-hydrogen) atoms. The first-order chi connectivity index (χ1) is 12.8. The fourth-order valence-corrected chi connectivity index (χ4v) is 5.47. The molecule has 0 aliphatic heterocycles. The maximum absolute atomic E-state index is 11.8. The Morgan fingerprint density at radius 3 is 1.36 bits per heavy atom. The minimum absolute atomic E-state index is 0.162. The Labute approximate surface area is 172 Å². The molecule has 2 amide bonds. The minimum atomic E-state index is -4.04. The quantitative estimate of drug-likeness (QED) is 0.109. The summed E-state index contributed by atoms with van der Waals surface area (Å²) >= 11 is 2.38. The maximum atomic E-state index is 11.8. The standard InChI is InChI=1S/C14H26N2O8P2S2/c1-11(9-27-7-5-25(19,20)21)13(17)15-3-4-16-14(18)12(2)10-28-8-6-26(22,23)24/h1-10H2,(H,15,17)(H,16,18)(H2,19,20,21)(H2,22,23,24). The van der Waals surface area contributed by atoms with Crippen LogP contribution in [0.1, 0.15) is 0 Å². The monoisotopic (exact) mass is 476 g/mol. The van der Waals surface area contributed by atoms with E-state index in [1.165, 1.54) is 23.5 Å². The van der Waals surface area contributed by atoms with E-state index in [1.807, 2.05) is 0 Å². The molecule has 0 aliphatic carbocycles. The molecule has 0 fully saturated rings. The first kappa shape index (κ1) is 27.4. The van der Waals surface area contributed by atoms with Gasteiger partial charge in [0.2, 0.25) is 11.8 Å². The predicted octanol–water partition coefficient (Wildman–Crippen LogP) is 0.153. The van der Waals surface area contributed by atoms with Gasteiger partial charge < -0.3 is 30.2 Å². The molecule has 0 saturated heterocycles. The number of rotatable bonds is 15. The van der Waals surface area contributed by atoms with Gasteiger partial charge in [-0.2, -0.15) is 23.5 Å². The van der Waals surface area contributed by atoms with E-state index in [-0.39, 0.29) is 59.6 Å². The van der Waals surface area contributed by atoms with Crippen molar-refractivity contribution < 1.29 is 38.3 Å². The van der Waals surface area contributed by atoms with Gasteiger partial charge in [-0.1, -0.05) is 13.2 Å². The average molecular weight is 476 g/mol. The van der Waals surface area contributed by atoms with Crippen molar-refractivity contribution in [1.29, 1.82) is 0 Å². The van der Waals surface area contributed by atoms with Gasteiger partial charge in [-0.05, 0) is 0 Å². The first-order valence-corrected chi connectivity index (χ1v) is 13.9. The van der Waals surface area contributed by atoms with Gasteiger partial charge >= 0.3 is 15.2 Å². The van der Waals surface area contributed by atoms with E-state index in [0.29, 0.717) is 0 Å². The lowest BCUT2D eigenvalue weighted by Gasteiger charge is -2.10. The van der Waals surface area contributed by atoms with Crippen molar-refractivity contribution in [2.24, 2.45) is 0 Å². The zero-order valence-corrected chi connectivity index (χ0v) is 18.6. The van der Waals surface area contributed by atoms with E-state index >= 15 is 0 Å². The fraction of sp³-hybridized carbons (Fsp3) is 0.571. The van der Waals surface area contributed by atoms with Gasteiger partial charge in [-0.15, -0.1) is 0 Å². The lowest BCUT2D eigenvalue weighted by Crippen LogP contribution is -2.36. The molecule has 14 heteroatoms. The normalized spacial score (nSPS) is 11.7. The summed E-state index contributed by atoms with van der Waals surface area (Å²) in [5.41, 5.74) is 0.515. The molecule has 0 atom stereocenters. The van der Waals surface area contributed by atoms with Crippen LogP contribution >= 0.6 is 38.7 Å². The highest BCUT2D eigenvalue weighted by Crippen LogP contribution is 2.35. The van der Waals surface area contributed by atoms with E-state index in [4.69, 9.17) is 19.6 Å². The number of hydrogen-bond acceptors (Lipinski definition) is 6. The van der Waals surface area contributed by atoms with Crippen LogP contribution in [0.2, 0.25) is 0 Å². The van der Waals surface area contributed by atoms with Crippen molar-refractivity contribution in [3.05, 3.63) is 24.3 Å². The molecule has 162 valence electrons. The Hall–Kier alpha value is -0.580. The van der Waals surface area contributed by atoms with Gasteiger partial charge in [0.25, 0.3) is 0 Å². The van der Waals surface area contributed by atoms with Crippen LogP contribution in [0.3, 0.4) is 0 Å². The third kappa shape index (κ3) is 16.4. The number of thioether (sulfide) groups is 2. The smallest absolute Gasteiger partial charge is 0.326 e. The molecular formula is C14H26N2O8P2S2. The second-order valence-electron chi connectivity index (χ2n) is 5.60. The topological polar surface area (TPSA) is 173 Å². The lowest BCUT2D eigenvalue weighted by molar-refractivity contribution is -0.119. The number of amides is 2. The predicted molar refractivity (Wildman–Crippen MR) is 113 cm³/mol. The average Bonchev–Trinajstić information content (AvgIpc) is 2.56. The van der Waals surface area contributed by atoms with E-state index in [9.17, 15) is 18.7 Å². The van der Waals surface area contributed by atoms with Gasteiger partial charge in [-0.25, -0.2) is 0 Å². The molecule has 0 radical (unpaired) electrons. The van der Waals surface area contributed by atoms with Gasteiger partial charge in [-0.3, -0.25) is 18.7 Å². The Balaban J connectivity index is 3.86. The molecule has 0 aliphatic rings. The van der Waals surface area contributed by atoms with Crippen LogP contribution in [0.4, 0.5) is 0 Å². The molecule has 0 bridgehead atoms. The van der Waals surface area contributed by atoms with Gasteiger partial charge in [0.15, 0.2) is 0 Å². The summed E-state index contributed by atoms with van der Waals surface area (Å²) in [4.78, 5) is 58.5. The highest BCUT2D eigenvalue weighted by Gasteiger charge is 2.14. The van der Waals surface area contributed by atoms with Crippen LogP contribution in [0, 0.1) is 0 Å². The van der Waals surface area contributed by atoms with Crippen molar-refractivity contribution in [1.82, 2.24) is 10.6 Å². The summed E-state index contributed by atoms with van der Waals surface area (Å²) in [6.45, 7) is 7.53. The van der Waals surface area contributed by atoms with Gasteiger partial charge in [0, 0.05) is 47.2 Å². The molecule has 0 heterocycles. The Kier molecular flexibility index (Phi) is 13.3. The number of nitrogens with one attached hydrogen (secondary N) is 2. The van der Waals surface area contributed by atoms with E-state index in [1.54, 1.807) is 0 Å². The van der Waals surface area contributed by atoms with Crippen molar-refractivity contribution in [2.45, 2.75) is 0 Å². The van der Waals surface area contributed by atoms with E-state index < -0.39 is 27.0 Å². The molecule has 0 spiro atoms. The van der Waals surface area contributed by atoms with E-state index in [0.717, 1.165) is 0 Å². The largest absolute Gasteiger partial charge is 0.351 e. The van der Waals surface area contributed by atoms with Crippen LogP contribution in [0.5, 0.6) is 0 Å². The summed E-state index contributed by atoms with van der Waals surface area (Å²) < 4.78 is 21.4. The third-order valence-corrected chi connectivity index (χ3v) is 7.25. The Morgan fingerprint density at radius 1 is 0.750 bits per heavy atom. The SMILES string of the molecule is C=C(CSCCP(=O)(O)O)C(=O)NCCNC(=O)C(=C)CSCCP(=O)(O)O. The molecule has 0 aromatic rings. The summed E-state index contributed by atoms with van der Waals surface area (Å²) in [5.74, 6) is 0.0678. The molecule has 0 aromatic carbocycles. The molecule has 0 aromatic heterocycles. The summed E-state index contributed by atoms with van der Waals surface area (Å²) in [6.07, 6.45) is -0.528. The highest BCUT2D eigenvalue weighted by molar-refractivity contribution is 8.00. The Bertz CT molecular complexity index is 606. The molecule has 0 saturated carbocycles. The van der Waals surface area contributed by atoms with Crippen LogP contribution in [-0.2, 0) is 18.7 Å². The summed E-state index contributed by atoms with van der Waals surface area (Å²) in [5, 5.41) is 5.12. The molecule has 0 unspecified atom stereocenters. The van der Waals surface area contributed by atoms with Crippen molar-refractivity contribution in [2.75, 3.05) is 48.4 Å². The van der Waals surface area contributed by atoms with Crippen molar-refractivity contribution >= 4 is 50.5 Å². The maximum Gasteiger partial charge on any atom is 0.326 e. The van der Waals surface area contributed by atoms with Gasteiger partial charge in [0.1, 0.15) is 0 Å². The fourth-order valence-electron chi connectivity index (χ4n) is 1.49. The zero-order chi connectivity index (χ0) is 21.8. The van der Waals surface area contributed by atoms with Crippen LogP contribution in [0.15, 0.2) is 24.3 Å². The molecule has 6 N–H and O–H groups in total. The summed E-state index contributed by atoms with van der Waals surface area (Å²) in [7, 11) is -8.08. The zero-order valence-electron chi connectivity index (χ0n) is 15.2. The number of carbonyl (C=O) groups is 2. The minimum Gasteiger partial charge on any atom is -0.351 e. The third-order valence-electron chi connectivity index (χ3n) is 2.94. The second-order valence-corrected chi connectivity index (χ2v) is 11.4. The highest BCUT2D eigenvalue weighted by atomic mass is 32.2. The molecular weight excluding hydrogens is 450 g/mol. The van der Waals surface area contributed by atoms with Gasteiger partial charge in [0.05, 0.1) is 12.3 Å². The van der Waals surface area contributed by atoms with Crippen molar-refractivity contribution in [3.63, 3.8) is 0 Å². The Morgan fingerprint density at radius 2 is 1.07 bits per heavy atom. The van der Waals surface area contributed by atoms with Crippen LogP contribution in [-0.4, -0.2) is 79.8 Å². The van der Waals surface area contributed by atoms with Crippen molar-refractivity contribution in [3.8, 4) is 0 Å². The van der Waals surface area contributed by atoms with Crippen LogP contribution in [0.25, 0.3) is 0 Å². The number of carbonyl (C=O) groups excluding carboxylic acids is 2. The number of hydrogen-bond donors (Lipinski definition) is 6. The van der Waals surface area contributed by atoms with Crippen LogP contribution < -0.4 is 10.6 Å². The summed E-state index contributed by atoms with van der Waals surface area (Å²) in [6, 6.07) is 0.